The average Bonchev–Trinajstić information content (AvgIpc) is 2.83. The van der Waals surface area contributed by atoms with Gasteiger partial charge in [-0.05, 0) is 50.6 Å². The molecule has 0 amide bonds. The minimum atomic E-state index is 0.701. The molecule has 4 heteroatoms. The molecule has 2 rings (SSSR count). The van der Waals surface area contributed by atoms with Crippen LogP contribution in [0.3, 0.4) is 0 Å². The van der Waals surface area contributed by atoms with E-state index in [1.54, 1.807) is 11.3 Å². The summed E-state index contributed by atoms with van der Waals surface area (Å²) in [7, 11) is 0. The molecule has 1 aromatic heterocycles. The van der Waals surface area contributed by atoms with E-state index in [0.717, 1.165) is 23.6 Å². The van der Waals surface area contributed by atoms with Crippen LogP contribution in [0.1, 0.15) is 20.8 Å². The molecule has 0 spiro atoms. The summed E-state index contributed by atoms with van der Waals surface area (Å²) >= 11 is 1.70. The van der Waals surface area contributed by atoms with E-state index >= 15 is 0 Å². The summed E-state index contributed by atoms with van der Waals surface area (Å²) in [6.45, 7) is 8.67. The van der Waals surface area contributed by atoms with Crippen LogP contribution in [0, 0.1) is 0 Å². The fourth-order valence-electron chi connectivity index (χ4n) is 2.01. The van der Waals surface area contributed by atoms with Gasteiger partial charge in [0, 0.05) is 18.5 Å². The van der Waals surface area contributed by atoms with Gasteiger partial charge in [-0.3, -0.25) is 4.99 Å². The molecule has 0 radical (unpaired) electrons. The van der Waals surface area contributed by atoms with E-state index in [1.165, 1.54) is 11.3 Å². The molecule has 0 saturated carbocycles. The van der Waals surface area contributed by atoms with E-state index in [2.05, 4.69) is 40.9 Å². The fourth-order valence-corrected chi connectivity index (χ4v) is 3.05. The largest absolute Gasteiger partial charge is 0.494 e. The van der Waals surface area contributed by atoms with Crippen LogP contribution < -0.4 is 9.54 Å². The highest BCUT2D eigenvalue weighted by Gasteiger charge is 2.06. The molecule has 0 aliphatic carbocycles. The molecule has 1 aromatic carbocycles. The number of ether oxygens (including phenoxy) is 1. The van der Waals surface area contributed by atoms with Crippen LogP contribution >= 0.6 is 11.3 Å². The Hall–Kier alpha value is -1.55. The van der Waals surface area contributed by atoms with Crippen LogP contribution in [0.25, 0.3) is 11.3 Å². The molecule has 0 aliphatic heterocycles. The first kappa shape index (κ1) is 13.9. The predicted molar refractivity (Wildman–Crippen MR) is 80.7 cm³/mol. The summed E-state index contributed by atoms with van der Waals surface area (Å²) in [4.78, 5) is 5.62. The number of rotatable bonds is 5. The molecular formula is C15H20N2OS. The van der Waals surface area contributed by atoms with Gasteiger partial charge in [0.05, 0.1) is 12.3 Å². The van der Waals surface area contributed by atoms with Crippen molar-refractivity contribution >= 4 is 11.3 Å². The van der Waals surface area contributed by atoms with Crippen molar-refractivity contribution in [1.82, 2.24) is 4.57 Å². The van der Waals surface area contributed by atoms with E-state index < -0.39 is 0 Å². The van der Waals surface area contributed by atoms with Crippen molar-refractivity contribution in [3.63, 3.8) is 0 Å². The zero-order valence-corrected chi connectivity index (χ0v) is 12.5. The summed E-state index contributed by atoms with van der Waals surface area (Å²) in [6.07, 6.45) is 0. The third-order valence-electron chi connectivity index (χ3n) is 2.87. The van der Waals surface area contributed by atoms with Crippen LogP contribution in [0.15, 0.2) is 34.6 Å². The number of nitrogens with zero attached hydrogens (tertiary/aromatic N) is 2. The van der Waals surface area contributed by atoms with Gasteiger partial charge in [0.1, 0.15) is 5.75 Å². The molecule has 2 aromatic rings. The lowest BCUT2D eigenvalue weighted by atomic mass is 10.1. The summed E-state index contributed by atoms with van der Waals surface area (Å²) in [5.41, 5.74) is 2.43. The van der Waals surface area contributed by atoms with Crippen molar-refractivity contribution in [1.29, 1.82) is 0 Å². The average molecular weight is 276 g/mol. The van der Waals surface area contributed by atoms with Gasteiger partial charge in [0.15, 0.2) is 4.80 Å². The van der Waals surface area contributed by atoms with Crippen molar-refractivity contribution in [3.8, 4) is 17.0 Å². The molecule has 102 valence electrons. The summed E-state index contributed by atoms with van der Waals surface area (Å²) in [5, 5.41) is 2.17. The molecule has 3 nitrogen and oxygen atoms in total. The van der Waals surface area contributed by atoms with Gasteiger partial charge in [-0.25, -0.2) is 0 Å². The molecule has 19 heavy (non-hydrogen) atoms. The maximum absolute atomic E-state index is 5.47. The third kappa shape index (κ3) is 3.07. The number of hydrogen-bond acceptors (Lipinski definition) is 3. The SMILES string of the molecule is CCN=c1scc(-c2ccc(OCC)cc2)n1CC. The Morgan fingerprint density at radius 3 is 2.47 bits per heavy atom. The van der Waals surface area contributed by atoms with Crippen molar-refractivity contribution in [2.24, 2.45) is 4.99 Å². The van der Waals surface area contributed by atoms with Crippen LogP contribution in [-0.2, 0) is 6.54 Å². The van der Waals surface area contributed by atoms with Gasteiger partial charge < -0.3 is 9.30 Å². The Bertz CT molecular complexity index is 581. The van der Waals surface area contributed by atoms with Crippen LogP contribution in [0.4, 0.5) is 0 Å². The molecule has 0 N–H and O–H groups in total. The van der Waals surface area contributed by atoms with E-state index in [4.69, 9.17) is 4.74 Å². The highest BCUT2D eigenvalue weighted by Crippen LogP contribution is 2.23. The highest BCUT2D eigenvalue weighted by atomic mass is 32.1. The molecule has 0 aliphatic rings. The zero-order chi connectivity index (χ0) is 13.7. The Balaban J connectivity index is 2.38. The monoisotopic (exact) mass is 276 g/mol. The molecule has 0 saturated heterocycles. The first-order valence-corrected chi connectivity index (χ1v) is 7.60. The van der Waals surface area contributed by atoms with Crippen molar-refractivity contribution in [2.45, 2.75) is 27.3 Å². The van der Waals surface area contributed by atoms with Gasteiger partial charge in [-0.15, -0.1) is 11.3 Å². The van der Waals surface area contributed by atoms with Crippen molar-refractivity contribution in [2.75, 3.05) is 13.2 Å². The standard InChI is InChI=1S/C15H20N2OS/c1-4-16-15-17(5-2)14(11-19-15)12-7-9-13(10-8-12)18-6-3/h7-11H,4-6H2,1-3H3. The summed E-state index contributed by atoms with van der Waals surface area (Å²) in [6, 6.07) is 8.25. The Labute approximate surface area is 118 Å². The van der Waals surface area contributed by atoms with E-state index in [0.29, 0.717) is 6.61 Å². The second-order valence-electron chi connectivity index (χ2n) is 4.08. The van der Waals surface area contributed by atoms with Gasteiger partial charge in [0.25, 0.3) is 0 Å². The minimum Gasteiger partial charge on any atom is -0.494 e. The van der Waals surface area contributed by atoms with Gasteiger partial charge in [-0.2, -0.15) is 0 Å². The van der Waals surface area contributed by atoms with E-state index in [-0.39, 0.29) is 0 Å². The molecular weight excluding hydrogens is 256 g/mol. The Morgan fingerprint density at radius 1 is 1.16 bits per heavy atom. The van der Waals surface area contributed by atoms with Crippen molar-refractivity contribution in [3.05, 3.63) is 34.4 Å². The number of thiazole rings is 1. The molecule has 1 heterocycles. The first-order chi connectivity index (χ1) is 9.30. The van der Waals surface area contributed by atoms with E-state index in [1.807, 2.05) is 19.1 Å². The number of aromatic nitrogens is 1. The third-order valence-corrected chi connectivity index (χ3v) is 3.77. The van der Waals surface area contributed by atoms with Crippen LogP contribution in [0.2, 0.25) is 0 Å². The Morgan fingerprint density at radius 2 is 1.89 bits per heavy atom. The maximum Gasteiger partial charge on any atom is 0.185 e. The molecule has 0 fully saturated rings. The first-order valence-electron chi connectivity index (χ1n) is 6.72. The zero-order valence-electron chi connectivity index (χ0n) is 11.7. The maximum atomic E-state index is 5.47. The topological polar surface area (TPSA) is 26.5 Å². The normalized spacial score (nSPS) is 11.8. The highest BCUT2D eigenvalue weighted by molar-refractivity contribution is 7.07. The second-order valence-corrected chi connectivity index (χ2v) is 4.92. The number of benzene rings is 1. The van der Waals surface area contributed by atoms with Gasteiger partial charge >= 0.3 is 0 Å². The fraction of sp³-hybridized carbons (Fsp3) is 0.400. The van der Waals surface area contributed by atoms with Gasteiger partial charge in [0.2, 0.25) is 0 Å². The van der Waals surface area contributed by atoms with Crippen LogP contribution in [0.5, 0.6) is 5.75 Å². The molecule has 0 atom stereocenters. The second kappa shape index (κ2) is 6.57. The van der Waals surface area contributed by atoms with Crippen molar-refractivity contribution < 1.29 is 4.74 Å². The summed E-state index contributed by atoms with van der Waals surface area (Å²) < 4.78 is 7.73. The Kier molecular flexibility index (Phi) is 4.80. The number of hydrogen-bond donors (Lipinski definition) is 0. The summed E-state index contributed by atoms with van der Waals surface area (Å²) in [5.74, 6) is 0.919. The van der Waals surface area contributed by atoms with Gasteiger partial charge in [-0.1, -0.05) is 0 Å². The lowest BCUT2D eigenvalue weighted by Gasteiger charge is -2.07. The smallest absolute Gasteiger partial charge is 0.185 e. The molecule has 0 bridgehead atoms. The lowest BCUT2D eigenvalue weighted by Crippen LogP contribution is -2.15. The molecule has 0 unspecified atom stereocenters. The quantitative estimate of drug-likeness (QED) is 0.820. The van der Waals surface area contributed by atoms with Crippen LogP contribution in [-0.4, -0.2) is 17.7 Å². The predicted octanol–water partition coefficient (Wildman–Crippen LogP) is 3.56. The van der Waals surface area contributed by atoms with E-state index in [9.17, 15) is 0 Å². The lowest BCUT2D eigenvalue weighted by molar-refractivity contribution is 0.340. The minimum absolute atomic E-state index is 0.701.